The second kappa shape index (κ2) is 9.81. The summed E-state index contributed by atoms with van der Waals surface area (Å²) in [6.45, 7) is 8.52. The number of likely N-dealkylation sites (N-methyl/N-ethyl adjacent to an activating group) is 1. The molecule has 2 aromatic rings. The molecule has 0 aromatic heterocycles. The van der Waals surface area contributed by atoms with Crippen LogP contribution in [0.2, 0.25) is 0 Å². The minimum absolute atomic E-state index is 0.199. The highest BCUT2D eigenvalue weighted by Crippen LogP contribution is 2.27. The van der Waals surface area contributed by atoms with Gasteiger partial charge in [-0.3, -0.25) is 0 Å². The number of hydrogen-bond donors (Lipinski definition) is 1. The van der Waals surface area contributed by atoms with Gasteiger partial charge in [-0.1, -0.05) is 12.1 Å². The van der Waals surface area contributed by atoms with Crippen molar-refractivity contribution in [3.05, 3.63) is 53.1 Å². The summed E-state index contributed by atoms with van der Waals surface area (Å²) in [5.41, 5.74) is 4.41. The lowest BCUT2D eigenvalue weighted by Crippen LogP contribution is -2.44. The first-order valence-electron chi connectivity index (χ1n) is 10.5. The van der Waals surface area contributed by atoms with Crippen LogP contribution in [0.25, 0.3) is 0 Å². The summed E-state index contributed by atoms with van der Waals surface area (Å²) in [6.07, 6.45) is 1.57. The summed E-state index contributed by atoms with van der Waals surface area (Å²) in [5, 5.41) is 0. The predicted molar refractivity (Wildman–Crippen MR) is 122 cm³/mol. The molecule has 2 aromatic carbocycles. The monoisotopic (exact) mass is 431 g/mol. The fraction of sp³-hybridized carbons (Fsp3) is 0.478. The zero-order valence-electron chi connectivity index (χ0n) is 18.4. The number of methoxy groups -OCH3 is 1. The van der Waals surface area contributed by atoms with Crippen molar-refractivity contribution in [2.24, 2.45) is 0 Å². The van der Waals surface area contributed by atoms with Gasteiger partial charge in [-0.15, -0.1) is 0 Å². The standard InChI is InChI=1S/C23H33N3O3S/c1-18-16-22(29-4)23(17-19(18)2)30(27,28)24-11-5-6-20-7-9-21(10-8-20)26-14-12-25(3)13-15-26/h7-10,16-17,24H,5-6,11-15H2,1-4H3. The third kappa shape index (κ3) is 5.53. The maximum absolute atomic E-state index is 12.7. The number of hydrogen-bond acceptors (Lipinski definition) is 5. The van der Waals surface area contributed by atoms with Crippen LogP contribution in [-0.2, 0) is 16.4 Å². The first kappa shape index (κ1) is 22.6. The summed E-state index contributed by atoms with van der Waals surface area (Å²) in [6, 6.07) is 12.1. The molecule has 0 unspecified atom stereocenters. The predicted octanol–water partition coefficient (Wildman–Crippen LogP) is 2.97. The normalized spacial score (nSPS) is 15.4. The van der Waals surface area contributed by atoms with Crippen LogP contribution in [0.1, 0.15) is 23.1 Å². The van der Waals surface area contributed by atoms with Crippen LogP contribution in [0.15, 0.2) is 41.3 Å². The fourth-order valence-corrected chi connectivity index (χ4v) is 4.96. The molecule has 3 rings (SSSR count). The Labute approximate surface area is 180 Å². The molecular weight excluding hydrogens is 398 g/mol. The van der Waals surface area contributed by atoms with Crippen molar-refractivity contribution in [3.63, 3.8) is 0 Å². The van der Waals surface area contributed by atoms with Gasteiger partial charge in [0.1, 0.15) is 10.6 Å². The van der Waals surface area contributed by atoms with Gasteiger partial charge in [0.2, 0.25) is 10.0 Å². The second-order valence-corrected chi connectivity index (χ2v) is 9.78. The lowest BCUT2D eigenvalue weighted by Gasteiger charge is -2.34. The van der Waals surface area contributed by atoms with Gasteiger partial charge in [0.15, 0.2) is 0 Å². The number of piperazine rings is 1. The van der Waals surface area contributed by atoms with Crippen molar-refractivity contribution >= 4 is 15.7 Å². The summed E-state index contributed by atoms with van der Waals surface area (Å²) < 4.78 is 33.5. The molecule has 164 valence electrons. The molecule has 1 aliphatic rings. The zero-order chi connectivity index (χ0) is 21.7. The third-order valence-corrected chi connectivity index (χ3v) is 7.29. The van der Waals surface area contributed by atoms with E-state index in [0.29, 0.717) is 12.3 Å². The number of sulfonamides is 1. The number of nitrogens with zero attached hydrogens (tertiary/aromatic N) is 2. The number of aryl methyl sites for hydroxylation is 3. The SMILES string of the molecule is COc1cc(C)c(C)cc1S(=O)(=O)NCCCc1ccc(N2CCN(C)CC2)cc1. The van der Waals surface area contributed by atoms with Crippen molar-refractivity contribution < 1.29 is 13.2 Å². The van der Waals surface area contributed by atoms with Gasteiger partial charge in [0.25, 0.3) is 0 Å². The Morgan fingerprint density at radius 2 is 1.63 bits per heavy atom. The Morgan fingerprint density at radius 1 is 1.00 bits per heavy atom. The molecule has 1 heterocycles. The van der Waals surface area contributed by atoms with E-state index >= 15 is 0 Å². The maximum atomic E-state index is 12.7. The summed E-state index contributed by atoms with van der Waals surface area (Å²) in [4.78, 5) is 4.96. The molecule has 0 radical (unpaired) electrons. The lowest BCUT2D eigenvalue weighted by molar-refractivity contribution is 0.313. The van der Waals surface area contributed by atoms with E-state index in [9.17, 15) is 8.42 Å². The fourth-order valence-electron chi connectivity index (χ4n) is 3.65. The van der Waals surface area contributed by atoms with E-state index in [4.69, 9.17) is 4.74 Å². The highest BCUT2D eigenvalue weighted by molar-refractivity contribution is 7.89. The van der Waals surface area contributed by atoms with Crippen LogP contribution < -0.4 is 14.4 Å². The minimum Gasteiger partial charge on any atom is -0.495 e. The van der Waals surface area contributed by atoms with Crippen molar-refractivity contribution in [1.82, 2.24) is 9.62 Å². The second-order valence-electron chi connectivity index (χ2n) is 8.05. The maximum Gasteiger partial charge on any atom is 0.244 e. The minimum atomic E-state index is -3.61. The Morgan fingerprint density at radius 3 is 2.27 bits per heavy atom. The van der Waals surface area contributed by atoms with Crippen LogP contribution in [0.5, 0.6) is 5.75 Å². The molecule has 6 nitrogen and oxygen atoms in total. The van der Waals surface area contributed by atoms with Gasteiger partial charge in [0.05, 0.1) is 7.11 Å². The van der Waals surface area contributed by atoms with Crippen LogP contribution in [0.4, 0.5) is 5.69 Å². The first-order valence-corrected chi connectivity index (χ1v) is 12.0. The van der Waals surface area contributed by atoms with Gasteiger partial charge >= 0.3 is 0 Å². The Kier molecular flexibility index (Phi) is 7.39. The van der Waals surface area contributed by atoms with Crippen LogP contribution in [0, 0.1) is 13.8 Å². The van der Waals surface area contributed by atoms with E-state index in [1.807, 2.05) is 13.8 Å². The summed E-state index contributed by atoms with van der Waals surface area (Å²) >= 11 is 0. The lowest BCUT2D eigenvalue weighted by atomic mass is 10.1. The van der Waals surface area contributed by atoms with Gasteiger partial charge in [0, 0.05) is 38.4 Å². The van der Waals surface area contributed by atoms with E-state index in [1.165, 1.54) is 18.4 Å². The van der Waals surface area contributed by atoms with E-state index < -0.39 is 10.0 Å². The first-order chi connectivity index (χ1) is 14.3. The van der Waals surface area contributed by atoms with E-state index in [2.05, 4.69) is 45.8 Å². The molecule has 30 heavy (non-hydrogen) atoms. The molecule has 7 heteroatoms. The van der Waals surface area contributed by atoms with Crippen LogP contribution >= 0.6 is 0 Å². The Bertz CT molecular complexity index is 950. The highest BCUT2D eigenvalue weighted by atomic mass is 32.2. The Balaban J connectivity index is 1.53. The van der Waals surface area contributed by atoms with Crippen molar-refractivity contribution in [3.8, 4) is 5.75 Å². The van der Waals surface area contributed by atoms with Gasteiger partial charge in [-0.25, -0.2) is 13.1 Å². The average molecular weight is 432 g/mol. The van der Waals surface area contributed by atoms with E-state index in [0.717, 1.165) is 50.1 Å². The number of rotatable bonds is 8. The molecular formula is C23H33N3O3S. The highest BCUT2D eigenvalue weighted by Gasteiger charge is 2.20. The topological polar surface area (TPSA) is 61.9 Å². The zero-order valence-corrected chi connectivity index (χ0v) is 19.3. The van der Waals surface area contributed by atoms with Crippen molar-refractivity contribution in [1.29, 1.82) is 0 Å². The Hall–Kier alpha value is -2.09. The molecule has 0 saturated carbocycles. The van der Waals surface area contributed by atoms with E-state index in [1.54, 1.807) is 12.1 Å². The molecule has 1 fully saturated rings. The summed E-state index contributed by atoms with van der Waals surface area (Å²) in [5.74, 6) is 0.380. The van der Waals surface area contributed by atoms with Crippen molar-refractivity contribution in [2.45, 2.75) is 31.6 Å². The van der Waals surface area contributed by atoms with Gasteiger partial charge < -0.3 is 14.5 Å². The molecule has 1 aliphatic heterocycles. The average Bonchev–Trinajstić information content (AvgIpc) is 2.74. The van der Waals surface area contributed by atoms with Crippen LogP contribution in [0.3, 0.4) is 0 Å². The molecule has 1 N–H and O–H groups in total. The largest absolute Gasteiger partial charge is 0.495 e. The number of benzene rings is 2. The van der Waals surface area contributed by atoms with Crippen molar-refractivity contribution in [2.75, 3.05) is 51.8 Å². The molecule has 0 atom stereocenters. The van der Waals surface area contributed by atoms with Gasteiger partial charge in [-0.05, 0) is 74.7 Å². The van der Waals surface area contributed by atoms with Gasteiger partial charge in [-0.2, -0.15) is 0 Å². The molecule has 0 amide bonds. The quantitative estimate of drug-likeness (QED) is 0.651. The third-order valence-electron chi connectivity index (χ3n) is 5.81. The molecule has 1 saturated heterocycles. The van der Waals surface area contributed by atoms with Crippen LogP contribution in [-0.4, -0.2) is 60.2 Å². The molecule has 0 spiro atoms. The number of nitrogens with one attached hydrogen (secondary N) is 1. The summed E-state index contributed by atoms with van der Waals surface area (Å²) in [7, 11) is 0.0443. The molecule has 0 aliphatic carbocycles. The smallest absolute Gasteiger partial charge is 0.244 e. The van der Waals surface area contributed by atoms with E-state index in [-0.39, 0.29) is 4.90 Å². The molecule has 0 bridgehead atoms. The number of ether oxygens (including phenoxy) is 1. The number of anilines is 1.